The zero-order valence-corrected chi connectivity index (χ0v) is 8.44. The molecule has 2 heteroatoms. The average molecular weight is 189 g/mol. The summed E-state index contributed by atoms with van der Waals surface area (Å²) in [5, 5.41) is 0. The molecule has 0 spiro atoms. The lowest BCUT2D eigenvalue weighted by molar-refractivity contribution is 0.414. The maximum Gasteiger partial charge on any atom is 0.142 e. The molecule has 1 aromatic rings. The Morgan fingerprint density at radius 1 is 1.21 bits per heavy atom. The Bertz CT molecular complexity index is 340. The standard InChI is InChI=1S/C12H15NO/c1-14-12-5-3-2-4-11(12)13-7-9-6-10(9)8-13/h2-5,9-10H,6-8H2,1H3. The first-order valence-electron chi connectivity index (χ1n) is 5.26. The van der Waals surface area contributed by atoms with Crippen LogP contribution in [-0.4, -0.2) is 20.2 Å². The van der Waals surface area contributed by atoms with Gasteiger partial charge in [0.1, 0.15) is 5.75 Å². The van der Waals surface area contributed by atoms with E-state index in [1.54, 1.807) is 7.11 Å². The summed E-state index contributed by atoms with van der Waals surface area (Å²) in [5.74, 6) is 2.95. The van der Waals surface area contributed by atoms with Gasteiger partial charge in [0.25, 0.3) is 0 Å². The number of benzene rings is 1. The zero-order chi connectivity index (χ0) is 9.54. The van der Waals surface area contributed by atoms with Gasteiger partial charge in [-0.15, -0.1) is 0 Å². The largest absolute Gasteiger partial charge is 0.495 e. The van der Waals surface area contributed by atoms with Gasteiger partial charge in [0.05, 0.1) is 12.8 Å². The average Bonchev–Trinajstić information content (AvgIpc) is 2.86. The number of ether oxygens (including phenoxy) is 1. The highest BCUT2D eigenvalue weighted by atomic mass is 16.5. The summed E-state index contributed by atoms with van der Waals surface area (Å²) in [5.41, 5.74) is 1.27. The maximum absolute atomic E-state index is 5.37. The quantitative estimate of drug-likeness (QED) is 0.706. The predicted molar refractivity (Wildman–Crippen MR) is 56.8 cm³/mol. The molecule has 0 bridgehead atoms. The van der Waals surface area contributed by atoms with Gasteiger partial charge in [-0.2, -0.15) is 0 Å². The first-order chi connectivity index (χ1) is 6.88. The van der Waals surface area contributed by atoms with Crippen LogP contribution in [-0.2, 0) is 0 Å². The van der Waals surface area contributed by atoms with Crippen molar-refractivity contribution in [3.63, 3.8) is 0 Å². The number of hydrogen-bond acceptors (Lipinski definition) is 2. The Hall–Kier alpha value is -1.18. The van der Waals surface area contributed by atoms with E-state index < -0.39 is 0 Å². The smallest absolute Gasteiger partial charge is 0.142 e. The molecular formula is C12H15NO. The third-order valence-corrected chi connectivity index (χ3v) is 3.40. The molecule has 1 aliphatic heterocycles. The van der Waals surface area contributed by atoms with Gasteiger partial charge >= 0.3 is 0 Å². The van der Waals surface area contributed by atoms with Crippen molar-refractivity contribution in [3.8, 4) is 5.75 Å². The van der Waals surface area contributed by atoms with Crippen molar-refractivity contribution >= 4 is 5.69 Å². The number of fused-ring (bicyclic) bond motifs is 1. The molecule has 2 atom stereocenters. The number of hydrogen-bond donors (Lipinski definition) is 0. The molecule has 1 aromatic carbocycles. The van der Waals surface area contributed by atoms with E-state index in [-0.39, 0.29) is 0 Å². The van der Waals surface area contributed by atoms with Gasteiger partial charge in [-0.3, -0.25) is 0 Å². The molecule has 2 aliphatic rings. The molecule has 1 aliphatic carbocycles. The van der Waals surface area contributed by atoms with Crippen molar-refractivity contribution in [1.29, 1.82) is 0 Å². The lowest BCUT2D eigenvalue weighted by Crippen LogP contribution is -2.22. The molecule has 0 aromatic heterocycles. The fraction of sp³-hybridized carbons (Fsp3) is 0.500. The Kier molecular flexibility index (Phi) is 1.69. The van der Waals surface area contributed by atoms with Crippen molar-refractivity contribution in [2.24, 2.45) is 11.8 Å². The number of para-hydroxylation sites is 2. The second-order valence-corrected chi connectivity index (χ2v) is 4.33. The topological polar surface area (TPSA) is 12.5 Å². The van der Waals surface area contributed by atoms with Crippen LogP contribution >= 0.6 is 0 Å². The van der Waals surface area contributed by atoms with E-state index in [0.29, 0.717) is 0 Å². The summed E-state index contributed by atoms with van der Waals surface area (Å²) in [6.45, 7) is 2.45. The van der Waals surface area contributed by atoms with E-state index in [2.05, 4.69) is 17.0 Å². The molecule has 3 rings (SSSR count). The van der Waals surface area contributed by atoms with Gasteiger partial charge in [-0.05, 0) is 30.4 Å². The van der Waals surface area contributed by atoms with Gasteiger partial charge in [0.15, 0.2) is 0 Å². The minimum atomic E-state index is 0.972. The second kappa shape index (κ2) is 2.91. The summed E-state index contributed by atoms with van der Waals surface area (Å²) < 4.78 is 5.37. The molecule has 2 nitrogen and oxygen atoms in total. The van der Waals surface area contributed by atoms with Crippen molar-refractivity contribution in [2.75, 3.05) is 25.1 Å². The summed E-state index contributed by atoms with van der Waals surface area (Å²) in [4.78, 5) is 2.46. The maximum atomic E-state index is 5.37. The van der Waals surface area contributed by atoms with Gasteiger partial charge in [0.2, 0.25) is 0 Å². The number of piperidine rings is 1. The zero-order valence-electron chi connectivity index (χ0n) is 8.44. The summed E-state index contributed by atoms with van der Waals surface area (Å²) in [7, 11) is 1.75. The molecule has 0 radical (unpaired) electrons. The van der Waals surface area contributed by atoms with Crippen molar-refractivity contribution < 1.29 is 4.74 Å². The molecule has 1 saturated carbocycles. The minimum Gasteiger partial charge on any atom is -0.495 e. The summed E-state index contributed by atoms with van der Waals surface area (Å²) in [6, 6.07) is 8.31. The van der Waals surface area contributed by atoms with E-state index in [0.717, 1.165) is 17.6 Å². The number of rotatable bonds is 2. The fourth-order valence-electron chi connectivity index (χ4n) is 2.49. The van der Waals surface area contributed by atoms with E-state index in [1.807, 2.05) is 12.1 Å². The van der Waals surface area contributed by atoms with Crippen LogP contribution in [0.3, 0.4) is 0 Å². The number of methoxy groups -OCH3 is 1. The van der Waals surface area contributed by atoms with Crippen LogP contribution in [0.5, 0.6) is 5.75 Å². The van der Waals surface area contributed by atoms with Crippen LogP contribution in [0.4, 0.5) is 5.69 Å². The summed E-state index contributed by atoms with van der Waals surface area (Å²) >= 11 is 0. The third kappa shape index (κ3) is 1.17. The van der Waals surface area contributed by atoms with E-state index in [9.17, 15) is 0 Å². The Morgan fingerprint density at radius 3 is 2.64 bits per heavy atom. The molecule has 2 unspecified atom stereocenters. The summed E-state index contributed by atoms with van der Waals surface area (Å²) in [6.07, 6.45) is 1.45. The lowest BCUT2D eigenvalue weighted by atomic mass is 10.2. The van der Waals surface area contributed by atoms with Crippen molar-refractivity contribution in [3.05, 3.63) is 24.3 Å². The van der Waals surface area contributed by atoms with E-state index in [4.69, 9.17) is 4.74 Å². The minimum absolute atomic E-state index is 0.972. The highest BCUT2D eigenvalue weighted by molar-refractivity contribution is 5.59. The number of anilines is 1. The first-order valence-corrected chi connectivity index (χ1v) is 5.26. The van der Waals surface area contributed by atoms with Crippen LogP contribution in [0, 0.1) is 11.8 Å². The fourth-order valence-corrected chi connectivity index (χ4v) is 2.49. The van der Waals surface area contributed by atoms with Gasteiger partial charge < -0.3 is 9.64 Å². The highest BCUT2D eigenvalue weighted by Crippen LogP contribution is 2.47. The molecular weight excluding hydrogens is 174 g/mol. The molecule has 14 heavy (non-hydrogen) atoms. The molecule has 2 fully saturated rings. The van der Waals surface area contributed by atoms with Gasteiger partial charge in [0, 0.05) is 13.1 Å². The Morgan fingerprint density at radius 2 is 1.93 bits per heavy atom. The van der Waals surface area contributed by atoms with Crippen LogP contribution in [0.2, 0.25) is 0 Å². The molecule has 0 amide bonds. The Balaban J connectivity index is 1.87. The predicted octanol–water partition coefficient (Wildman–Crippen LogP) is 2.15. The first kappa shape index (κ1) is 8.16. The van der Waals surface area contributed by atoms with Crippen LogP contribution in [0.25, 0.3) is 0 Å². The van der Waals surface area contributed by atoms with Crippen LogP contribution in [0.15, 0.2) is 24.3 Å². The van der Waals surface area contributed by atoms with Gasteiger partial charge in [-0.25, -0.2) is 0 Å². The van der Waals surface area contributed by atoms with E-state index >= 15 is 0 Å². The highest BCUT2D eigenvalue weighted by Gasteiger charge is 2.45. The molecule has 0 N–H and O–H groups in total. The normalized spacial score (nSPS) is 28.8. The monoisotopic (exact) mass is 189 g/mol. The molecule has 74 valence electrons. The van der Waals surface area contributed by atoms with Crippen molar-refractivity contribution in [2.45, 2.75) is 6.42 Å². The number of nitrogens with zero attached hydrogens (tertiary/aromatic N) is 1. The Labute approximate surface area is 84.5 Å². The molecule has 1 heterocycles. The van der Waals surface area contributed by atoms with Crippen LogP contribution in [0.1, 0.15) is 6.42 Å². The van der Waals surface area contributed by atoms with Crippen LogP contribution < -0.4 is 9.64 Å². The SMILES string of the molecule is COc1ccccc1N1CC2CC2C1. The second-order valence-electron chi connectivity index (χ2n) is 4.33. The van der Waals surface area contributed by atoms with E-state index in [1.165, 1.54) is 25.2 Å². The van der Waals surface area contributed by atoms with Crippen molar-refractivity contribution in [1.82, 2.24) is 0 Å². The third-order valence-electron chi connectivity index (χ3n) is 3.40. The lowest BCUT2D eigenvalue weighted by Gasteiger charge is -2.22. The van der Waals surface area contributed by atoms with Gasteiger partial charge in [-0.1, -0.05) is 12.1 Å². The molecule has 1 saturated heterocycles.